The summed E-state index contributed by atoms with van der Waals surface area (Å²) < 4.78 is 19.2. The SMILES string of the molecule is c1ccc(N2c3ccccc3B3c4c2cc2c5c4-n4c6c3cccc6c3c6oc7ccccc7c6cc(c34)B5c3cc4c5ccccc5oc4c4c5ccccc5n-2c34)cc1. The molecular formula is C54H27B2N3O2. The van der Waals surface area contributed by atoms with Crippen LogP contribution in [0.15, 0.2) is 173 Å². The van der Waals surface area contributed by atoms with Gasteiger partial charge < -0.3 is 22.9 Å². The third-order valence-electron chi connectivity index (χ3n) is 14.8. The van der Waals surface area contributed by atoms with Crippen molar-refractivity contribution in [1.29, 1.82) is 0 Å². The highest BCUT2D eigenvalue weighted by Gasteiger charge is 2.50. The smallest absolute Gasteiger partial charge is 0.252 e. The molecule has 4 aliphatic rings. The van der Waals surface area contributed by atoms with Crippen LogP contribution in [-0.4, -0.2) is 22.6 Å². The van der Waals surface area contributed by atoms with Gasteiger partial charge in [-0.1, -0.05) is 121 Å². The summed E-state index contributed by atoms with van der Waals surface area (Å²) in [6, 6.07) is 60.6. The molecule has 0 atom stereocenters. The average molecular weight is 771 g/mol. The number of aromatic nitrogens is 2. The Morgan fingerprint density at radius 2 is 0.951 bits per heavy atom. The summed E-state index contributed by atoms with van der Waals surface area (Å²) in [5, 5.41) is 9.47. The number of furan rings is 2. The van der Waals surface area contributed by atoms with Gasteiger partial charge in [0, 0.05) is 66.3 Å². The monoisotopic (exact) mass is 771 g/mol. The third-order valence-corrected chi connectivity index (χ3v) is 14.8. The summed E-state index contributed by atoms with van der Waals surface area (Å²) in [6.07, 6.45) is 0. The van der Waals surface area contributed by atoms with Gasteiger partial charge in [-0.15, -0.1) is 0 Å². The topological polar surface area (TPSA) is 39.4 Å². The molecule has 13 aromatic rings. The molecule has 4 aromatic heterocycles. The van der Waals surface area contributed by atoms with Crippen molar-refractivity contribution >= 4 is 151 Å². The third kappa shape index (κ3) is 3.20. The van der Waals surface area contributed by atoms with Crippen LogP contribution in [0.1, 0.15) is 0 Å². The summed E-state index contributed by atoms with van der Waals surface area (Å²) in [7, 11) is 0. The molecule has 0 saturated heterocycles. The zero-order valence-electron chi connectivity index (χ0n) is 32.4. The van der Waals surface area contributed by atoms with Crippen molar-refractivity contribution < 1.29 is 8.83 Å². The van der Waals surface area contributed by atoms with Crippen molar-refractivity contribution in [2.24, 2.45) is 0 Å². The molecule has 0 fully saturated rings. The number of para-hydroxylation sites is 6. The predicted molar refractivity (Wildman–Crippen MR) is 254 cm³/mol. The number of rotatable bonds is 1. The minimum Gasteiger partial charge on any atom is -0.455 e. The van der Waals surface area contributed by atoms with Crippen LogP contribution in [0.4, 0.5) is 17.1 Å². The highest BCUT2D eigenvalue weighted by atomic mass is 16.3. The lowest BCUT2D eigenvalue weighted by atomic mass is 9.29. The summed E-state index contributed by atoms with van der Waals surface area (Å²) in [5.41, 5.74) is 22.9. The number of anilines is 3. The van der Waals surface area contributed by atoms with Crippen LogP contribution in [0.5, 0.6) is 0 Å². The van der Waals surface area contributed by atoms with E-state index in [2.05, 4.69) is 178 Å². The van der Waals surface area contributed by atoms with Gasteiger partial charge in [0.05, 0.1) is 27.3 Å². The normalized spacial score (nSPS) is 14.1. The van der Waals surface area contributed by atoms with Crippen LogP contribution in [0.25, 0.3) is 98.9 Å². The second kappa shape index (κ2) is 9.93. The molecule has 17 rings (SSSR count). The zero-order valence-corrected chi connectivity index (χ0v) is 32.4. The molecule has 9 aromatic carbocycles. The van der Waals surface area contributed by atoms with Crippen molar-refractivity contribution in [1.82, 2.24) is 9.13 Å². The molecule has 61 heavy (non-hydrogen) atoms. The average Bonchev–Trinajstić information content (AvgIpc) is 4.07. The lowest BCUT2D eigenvalue weighted by Gasteiger charge is -2.44. The molecule has 0 amide bonds. The van der Waals surface area contributed by atoms with E-state index in [1.165, 1.54) is 105 Å². The Morgan fingerprint density at radius 1 is 0.377 bits per heavy atom. The Kier molecular flexibility index (Phi) is 4.91. The molecule has 0 saturated carbocycles. The molecule has 0 bridgehead atoms. The Labute approximate surface area is 347 Å². The first-order chi connectivity index (χ1) is 30.3. The highest BCUT2D eigenvalue weighted by Crippen LogP contribution is 2.48. The van der Waals surface area contributed by atoms with Crippen molar-refractivity contribution in [2.75, 3.05) is 4.90 Å². The predicted octanol–water partition coefficient (Wildman–Crippen LogP) is 9.44. The van der Waals surface area contributed by atoms with Gasteiger partial charge in [0.1, 0.15) is 22.3 Å². The molecule has 0 unspecified atom stereocenters. The first kappa shape index (κ1) is 30.2. The Hall–Kier alpha value is -7.89. The van der Waals surface area contributed by atoms with E-state index in [-0.39, 0.29) is 13.4 Å². The van der Waals surface area contributed by atoms with E-state index in [4.69, 9.17) is 8.83 Å². The maximum atomic E-state index is 6.99. The lowest BCUT2D eigenvalue weighted by molar-refractivity contribution is 0.672. The second-order valence-corrected chi connectivity index (χ2v) is 17.4. The van der Waals surface area contributed by atoms with E-state index in [0.29, 0.717) is 0 Å². The van der Waals surface area contributed by atoms with E-state index < -0.39 is 0 Å². The molecule has 0 aliphatic carbocycles. The molecule has 8 heterocycles. The van der Waals surface area contributed by atoms with E-state index in [0.717, 1.165) is 44.2 Å². The highest BCUT2D eigenvalue weighted by molar-refractivity contribution is 7.04. The van der Waals surface area contributed by atoms with Crippen molar-refractivity contribution in [2.45, 2.75) is 0 Å². The minimum absolute atomic E-state index is 0.0310. The largest absolute Gasteiger partial charge is 0.455 e. The molecule has 0 radical (unpaired) electrons. The molecule has 7 heteroatoms. The molecule has 5 nitrogen and oxygen atoms in total. The summed E-state index contributed by atoms with van der Waals surface area (Å²) >= 11 is 0. The number of hydrogen-bond acceptors (Lipinski definition) is 3. The maximum absolute atomic E-state index is 6.99. The molecule has 0 N–H and O–H groups in total. The summed E-state index contributed by atoms with van der Waals surface area (Å²) in [6.45, 7) is -0.0296. The van der Waals surface area contributed by atoms with Gasteiger partial charge in [0.15, 0.2) is 0 Å². The van der Waals surface area contributed by atoms with Crippen LogP contribution >= 0.6 is 0 Å². The fourth-order valence-electron chi connectivity index (χ4n) is 12.7. The van der Waals surface area contributed by atoms with Crippen molar-refractivity contribution in [3.63, 3.8) is 0 Å². The van der Waals surface area contributed by atoms with Gasteiger partial charge >= 0.3 is 0 Å². The van der Waals surface area contributed by atoms with E-state index in [1.54, 1.807) is 0 Å². The number of fused-ring (bicyclic) bond motifs is 18. The van der Waals surface area contributed by atoms with Gasteiger partial charge in [0.2, 0.25) is 0 Å². The fraction of sp³-hybridized carbons (Fsp3) is 0. The lowest BCUT2D eigenvalue weighted by Crippen LogP contribution is -2.67. The van der Waals surface area contributed by atoms with Crippen LogP contribution in [0.3, 0.4) is 0 Å². The fourth-order valence-corrected chi connectivity index (χ4v) is 12.7. The van der Waals surface area contributed by atoms with E-state index >= 15 is 0 Å². The van der Waals surface area contributed by atoms with Crippen LogP contribution in [0.2, 0.25) is 0 Å². The molecule has 0 spiro atoms. The van der Waals surface area contributed by atoms with Gasteiger partial charge in [-0.05, 0) is 75.2 Å². The molecule has 276 valence electrons. The zero-order chi connectivity index (χ0) is 39.0. The maximum Gasteiger partial charge on any atom is 0.252 e. The van der Waals surface area contributed by atoms with Crippen molar-refractivity contribution in [3.05, 3.63) is 164 Å². The number of benzene rings is 9. The molecular weight excluding hydrogens is 744 g/mol. The van der Waals surface area contributed by atoms with Crippen LogP contribution < -0.4 is 37.7 Å². The minimum atomic E-state index is -0.0606. The molecule has 4 aliphatic heterocycles. The van der Waals surface area contributed by atoms with Gasteiger partial charge in [-0.2, -0.15) is 0 Å². The first-order valence-electron chi connectivity index (χ1n) is 21.3. The van der Waals surface area contributed by atoms with E-state index in [1.807, 2.05) is 0 Å². The Balaban J connectivity index is 1.18. The van der Waals surface area contributed by atoms with Crippen molar-refractivity contribution in [3.8, 4) is 11.4 Å². The second-order valence-electron chi connectivity index (χ2n) is 17.4. The summed E-state index contributed by atoms with van der Waals surface area (Å²) in [5.74, 6) is 0. The quantitative estimate of drug-likeness (QED) is 0.156. The van der Waals surface area contributed by atoms with Gasteiger partial charge in [0.25, 0.3) is 13.4 Å². The Morgan fingerprint density at radius 3 is 1.72 bits per heavy atom. The standard InChI is InChI=1S/C54H27B2N3O2/c1-2-13-28(14-3-1)57-40-22-9-7-19-35(40)55-36-20-12-18-32-46-51-38(26-34-30-16-6-11-24-44(30)61-54(34)46)56-37-25-33-29-15-5-10-23-43(29)60-53(33)45-31-17-4-8-21-39(31)58(50(37)45)42-27-41(57)47(55)52(48(42)56)59(51)49(32)36/h1-27H. The van der Waals surface area contributed by atoms with Crippen LogP contribution in [-0.2, 0) is 0 Å². The Bertz CT molecular complexity index is 4260. The summed E-state index contributed by atoms with van der Waals surface area (Å²) in [4.78, 5) is 2.53. The number of nitrogens with zero attached hydrogens (tertiary/aromatic N) is 3. The van der Waals surface area contributed by atoms with E-state index in [9.17, 15) is 0 Å². The van der Waals surface area contributed by atoms with Gasteiger partial charge in [-0.25, -0.2) is 0 Å². The number of hydrogen-bond donors (Lipinski definition) is 0. The van der Waals surface area contributed by atoms with Crippen LogP contribution in [0, 0.1) is 0 Å². The van der Waals surface area contributed by atoms with Gasteiger partial charge in [-0.3, -0.25) is 0 Å². The first-order valence-corrected chi connectivity index (χ1v) is 21.3.